The number of methoxy groups -OCH3 is 2. The Kier molecular flexibility index (Phi) is 5.57. The van der Waals surface area contributed by atoms with E-state index >= 15 is 0 Å². The van der Waals surface area contributed by atoms with E-state index in [2.05, 4.69) is 25.5 Å². The van der Waals surface area contributed by atoms with Crippen LogP contribution in [0.1, 0.15) is 5.56 Å². The number of aromatic nitrogens is 3. The zero-order chi connectivity index (χ0) is 17.5. The van der Waals surface area contributed by atoms with Crippen molar-refractivity contribution in [1.82, 2.24) is 15.0 Å². The summed E-state index contributed by atoms with van der Waals surface area (Å²) < 4.78 is 15.6. The lowest BCUT2D eigenvalue weighted by atomic mass is 10.2. The lowest BCUT2D eigenvalue weighted by Gasteiger charge is -2.26. The molecule has 1 saturated heterocycles. The number of hydrazone groups is 1. The number of nitrogens with zero attached hydrogens (tertiary/aromatic N) is 5. The van der Waals surface area contributed by atoms with Crippen molar-refractivity contribution in [2.24, 2.45) is 5.10 Å². The molecule has 9 heteroatoms. The first-order valence-corrected chi connectivity index (χ1v) is 7.84. The van der Waals surface area contributed by atoms with Crippen molar-refractivity contribution in [2.75, 3.05) is 50.8 Å². The van der Waals surface area contributed by atoms with E-state index in [-0.39, 0.29) is 6.01 Å². The summed E-state index contributed by atoms with van der Waals surface area (Å²) >= 11 is 0. The molecule has 2 aromatic rings. The molecule has 9 nitrogen and oxygen atoms in total. The number of nitrogens with one attached hydrogen (secondary N) is 1. The van der Waals surface area contributed by atoms with Crippen molar-refractivity contribution < 1.29 is 14.2 Å². The molecular weight excluding hydrogens is 324 g/mol. The van der Waals surface area contributed by atoms with E-state index in [1.807, 2.05) is 29.2 Å². The second-order valence-corrected chi connectivity index (χ2v) is 5.19. The van der Waals surface area contributed by atoms with Gasteiger partial charge in [-0.15, -0.1) is 0 Å². The molecule has 132 valence electrons. The monoisotopic (exact) mass is 344 g/mol. The van der Waals surface area contributed by atoms with Gasteiger partial charge < -0.3 is 19.1 Å². The van der Waals surface area contributed by atoms with E-state index in [1.54, 1.807) is 13.3 Å². The molecule has 0 radical (unpaired) electrons. The van der Waals surface area contributed by atoms with Crippen LogP contribution in [0.4, 0.5) is 11.9 Å². The van der Waals surface area contributed by atoms with Gasteiger partial charge in [-0.1, -0.05) is 0 Å². The average molecular weight is 344 g/mol. The maximum Gasteiger partial charge on any atom is 0.322 e. The van der Waals surface area contributed by atoms with Gasteiger partial charge in [0.1, 0.15) is 5.75 Å². The zero-order valence-electron chi connectivity index (χ0n) is 14.2. The van der Waals surface area contributed by atoms with Crippen LogP contribution in [-0.2, 0) is 4.74 Å². The standard InChI is InChI=1S/C16H20N6O3/c1-23-13-5-3-12(4-6-13)11-17-21-14-18-15(20-16(19-14)24-2)22-7-9-25-10-8-22/h3-6,11H,7-10H2,1-2H3,(H,18,19,20,21). The minimum Gasteiger partial charge on any atom is -0.497 e. The van der Waals surface area contributed by atoms with Gasteiger partial charge >= 0.3 is 6.01 Å². The van der Waals surface area contributed by atoms with Gasteiger partial charge in [-0.25, -0.2) is 5.43 Å². The molecular formula is C16H20N6O3. The lowest BCUT2D eigenvalue weighted by Crippen LogP contribution is -2.37. The number of rotatable bonds is 6. The molecule has 1 aromatic heterocycles. The van der Waals surface area contributed by atoms with Crippen molar-refractivity contribution in [3.05, 3.63) is 29.8 Å². The number of hydrogen-bond acceptors (Lipinski definition) is 9. The lowest BCUT2D eigenvalue weighted by molar-refractivity contribution is 0.122. The molecule has 0 atom stereocenters. The van der Waals surface area contributed by atoms with Crippen LogP contribution in [0.3, 0.4) is 0 Å². The topological polar surface area (TPSA) is 94.0 Å². The molecule has 0 saturated carbocycles. The van der Waals surface area contributed by atoms with Crippen LogP contribution >= 0.6 is 0 Å². The van der Waals surface area contributed by atoms with Crippen LogP contribution in [0.25, 0.3) is 0 Å². The number of anilines is 2. The van der Waals surface area contributed by atoms with Crippen LogP contribution in [0.2, 0.25) is 0 Å². The molecule has 1 aliphatic rings. The van der Waals surface area contributed by atoms with Crippen molar-refractivity contribution in [1.29, 1.82) is 0 Å². The third-order valence-electron chi connectivity index (χ3n) is 3.57. The highest BCUT2D eigenvalue weighted by atomic mass is 16.5. The molecule has 1 aromatic carbocycles. The first kappa shape index (κ1) is 16.9. The summed E-state index contributed by atoms with van der Waals surface area (Å²) in [5.41, 5.74) is 3.73. The Balaban J connectivity index is 1.71. The molecule has 1 aliphatic heterocycles. The Morgan fingerprint density at radius 2 is 1.84 bits per heavy atom. The van der Waals surface area contributed by atoms with Crippen LogP contribution in [0.15, 0.2) is 29.4 Å². The Morgan fingerprint density at radius 3 is 2.52 bits per heavy atom. The minimum atomic E-state index is 0.235. The minimum absolute atomic E-state index is 0.235. The summed E-state index contributed by atoms with van der Waals surface area (Å²) in [5.74, 6) is 1.65. The number of benzene rings is 1. The Morgan fingerprint density at radius 1 is 1.08 bits per heavy atom. The van der Waals surface area contributed by atoms with Gasteiger partial charge in [-0.05, 0) is 29.8 Å². The summed E-state index contributed by atoms with van der Waals surface area (Å²) in [6.45, 7) is 2.74. The van der Waals surface area contributed by atoms with E-state index in [0.717, 1.165) is 24.4 Å². The highest BCUT2D eigenvalue weighted by molar-refractivity contribution is 5.80. The Bertz CT molecular complexity index is 716. The van der Waals surface area contributed by atoms with Crippen LogP contribution < -0.4 is 19.8 Å². The molecule has 0 aliphatic carbocycles. The van der Waals surface area contributed by atoms with E-state index in [9.17, 15) is 0 Å². The van der Waals surface area contributed by atoms with Crippen molar-refractivity contribution in [3.8, 4) is 11.8 Å². The third kappa shape index (κ3) is 4.54. The van der Waals surface area contributed by atoms with Gasteiger partial charge in [0, 0.05) is 13.1 Å². The van der Waals surface area contributed by atoms with Crippen LogP contribution in [0.5, 0.6) is 11.8 Å². The van der Waals surface area contributed by atoms with Crippen molar-refractivity contribution in [2.45, 2.75) is 0 Å². The largest absolute Gasteiger partial charge is 0.497 e. The molecule has 25 heavy (non-hydrogen) atoms. The second kappa shape index (κ2) is 8.25. The molecule has 0 bridgehead atoms. The van der Waals surface area contributed by atoms with Gasteiger partial charge in [0.25, 0.3) is 5.95 Å². The highest BCUT2D eigenvalue weighted by Gasteiger charge is 2.16. The molecule has 1 fully saturated rings. The van der Waals surface area contributed by atoms with Gasteiger partial charge in [-0.2, -0.15) is 20.1 Å². The second-order valence-electron chi connectivity index (χ2n) is 5.19. The van der Waals surface area contributed by atoms with Gasteiger partial charge in [0.2, 0.25) is 5.95 Å². The van der Waals surface area contributed by atoms with Gasteiger partial charge in [0.15, 0.2) is 0 Å². The van der Waals surface area contributed by atoms with Crippen LogP contribution in [-0.4, -0.2) is 61.7 Å². The third-order valence-corrected chi connectivity index (χ3v) is 3.57. The van der Waals surface area contributed by atoms with E-state index in [4.69, 9.17) is 14.2 Å². The highest BCUT2D eigenvalue weighted by Crippen LogP contribution is 2.16. The fourth-order valence-corrected chi connectivity index (χ4v) is 2.25. The molecule has 2 heterocycles. The van der Waals surface area contributed by atoms with Crippen LogP contribution in [0, 0.1) is 0 Å². The molecule has 0 unspecified atom stereocenters. The molecule has 1 N–H and O–H groups in total. The fourth-order valence-electron chi connectivity index (χ4n) is 2.25. The smallest absolute Gasteiger partial charge is 0.322 e. The molecule has 0 spiro atoms. The van der Waals surface area contributed by atoms with Gasteiger partial charge in [-0.3, -0.25) is 0 Å². The quantitative estimate of drug-likeness (QED) is 0.616. The first-order chi connectivity index (χ1) is 12.3. The molecule has 3 rings (SSSR count). The molecule has 0 amide bonds. The first-order valence-electron chi connectivity index (χ1n) is 7.84. The van der Waals surface area contributed by atoms with Gasteiger partial charge in [0.05, 0.1) is 33.6 Å². The number of morpholine rings is 1. The summed E-state index contributed by atoms with van der Waals surface area (Å²) in [6.07, 6.45) is 1.67. The maximum absolute atomic E-state index is 5.35. The maximum atomic E-state index is 5.35. The average Bonchev–Trinajstić information content (AvgIpc) is 2.69. The van der Waals surface area contributed by atoms with E-state index < -0.39 is 0 Å². The zero-order valence-corrected chi connectivity index (χ0v) is 14.2. The Labute approximate surface area is 145 Å². The predicted octanol–water partition coefficient (Wildman–Crippen LogP) is 1.17. The number of ether oxygens (including phenoxy) is 3. The summed E-state index contributed by atoms with van der Waals surface area (Å²) in [6, 6.07) is 7.76. The summed E-state index contributed by atoms with van der Waals surface area (Å²) in [7, 11) is 3.15. The summed E-state index contributed by atoms with van der Waals surface area (Å²) in [4.78, 5) is 14.8. The summed E-state index contributed by atoms with van der Waals surface area (Å²) in [5, 5.41) is 4.16. The van der Waals surface area contributed by atoms with E-state index in [1.165, 1.54) is 7.11 Å². The predicted molar refractivity (Wildman–Crippen MR) is 93.6 cm³/mol. The van der Waals surface area contributed by atoms with Crippen molar-refractivity contribution >= 4 is 18.1 Å². The Hall–Kier alpha value is -2.94. The fraction of sp³-hybridized carbons (Fsp3) is 0.375. The van der Waals surface area contributed by atoms with E-state index in [0.29, 0.717) is 25.1 Å². The number of hydrogen-bond donors (Lipinski definition) is 1. The SMILES string of the molecule is COc1ccc(C=NNc2nc(OC)nc(N3CCOCC3)n2)cc1. The van der Waals surface area contributed by atoms with Crippen molar-refractivity contribution in [3.63, 3.8) is 0 Å². The normalized spacial score (nSPS) is 14.6.